The molecule has 1 amide bonds. The third-order valence-corrected chi connectivity index (χ3v) is 4.60. The third-order valence-electron chi connectivity index (χ3n) is 3.35. The summed E-state index contributed by atoms with van der Waals surface area (Å²) < 4.78 is 34.3. The average molecular weight is 363 g/mol. The first-order chi connectivity index (χ1) is 11.9. The van der Waals surface area contributed by atoms with Gasteiger partial charge in [0.1, 0.15) is 5.75 Å². The molecular formula is C15H13N3O6S. The summed E-state index contributed by atoms with van der Waals surface area (Å²) in [5.74, 6) is -0.760. The summed E-state index contributed by atoms with van der Waals surface area (Å²) in [6.45, 7) is 0. The molecule has 0 bridgehead atoms. The summed E-state index contributed by atoms with van der Waals surface area (Å²) in [7, 11) is -2.55. The van der Waals surface area contributed by atoms with E-state index in [2.05, 4.69) is 10.4 Å². The van der Waals surface area contributed by atoms with Crippen LogP contribution in [-0.2, 0) is 10.0 Å². The van der Waals surface area contributed by atoms with Crippen LogP contribution in [0.5, 0.6) is 5.75 Å². The minimum absolute atomic E-state index is 0.0920. The molecule has 0 atom stereocenters. The molecule has 3 rings (SSSR count). The van der Waals surface area contributed by atoms with Crippen LogP contribution < -0.4 is 20.7 Å². The van der Waals surface area contributed by atoms with Crippen molar-refractivity contribution in [2.75, 3.05) is 7.11 Å². The maximum atomic E-state index is 12.2. The largest absolute Gasteiger partial charge is 0.497 e. The van der Waals surface area contributed by atoms with Crippen molar-refractivity contribution in [2.45, 2.75) is 4.90 Å². The van der Waals surface area contributed by atoms with Crippen LogP contribution >= 0.6 is 0 Å². The molecule has 25 heavy (non-hydrogen) atoms. The molecule has 2 aromatic carbocycles. The van der Waals surface area contributed by atoms with Crippen LogP contribution in [0.1, 0.15) is 10.4 Å². The van der Waals surface area contributed by atoms with Crippen molar-refractivity contribution < 1.29 is 22.4 Å². The Labute approximate surface area is 141 Å². The van der Waals surface area contributed by atoms with Gasteiger partial charge in [-0.05, 0) is 36.4 Å². The van der Waals surface area contributed by atoms with Crippen LogP contribution in [0.3, 0.4) is 0 Å². The van der Waals surface area contributed by atoms with E-state index in [0.29, 0.717) is 11.3 Å². The number of carbonyl (C=O) groups excluding carboxylic acids is 1. The SMILES string of the molecule is COc1ccc(C(=O)NNS(=O)(=O)c2ccc3[nH]c(=O)oc3c2)cc1. The summed E-state index contributed by atoms with van der Waals surface area (Å²) in [5, 5.41) is 0. The third kappa shape index (κ3) is 3.54. The number of hydrogen-bond acceptors (Lipinski definition) is 6. The Kier molecular flexibility index (Phi) is 4.30. The van der Waals surface area contributed by atoms with E-state index in [9.17, 15) is 18.0 Å². The van der Waals surface area contributed by atoms with E-state index in [1.165, 1.54) is 37.4 Å². The first kappa shape index (κ1) is 16.7. The summed E-state index contributed by atoms with van der Waals surface area (Å²) in [4.78, 5) is 27.3. The maximum Gasteiger partial charge on any atom is 0.417 e. The number of aromatic amines is 1. The fraction of sp³-hybridized carbons (Fsp3) is 0.0667. The van der Waals surface area contributed by atoms with Crippen molar-refractivity contribution in [3.63, 3.8) is 0 Å². The number of fused-ring (bicyclic) bond motifs is 1. The summed E-state index contributed by atoms with van der Waals surface area (Å²) >= 11 is 0. The first-order valence-corrected chi connectivity index (χ1v) is 8.46. The predicted octanol–water partition coefficient (Wildman–Crippen LogP) is 0.753. The van der Waals surface area contributed by atoms with Crippen LogP contribution in [0, 0.1) is 0 Å². The lowest BCUT2D eigenvalue weighted by molar-refractivity contribution is 0.0945. The van der Waals surface area contributed by atoms with Crippen LogP contribution in [0.2, 0.25) is 0 Å². The molecule has 3 aromatic rings. The number of H-pyrrole nitrogens is 1. The van der Waals surface area contributed by atoms with Crippen LogP contribution in [0.4, 0.5) is 0 Å². The Morgan fingerprint density at radius 2 is 1.88 bits per heavy atom. The minimum atomic E-state index is -4.04. The second-order valence-electron chi connectivity index (χ2n) is 4.96. The second-order valence-corrected chi connectivity index (χ2v) is 6.64. The Morgan fingerprint density at radius 1 is 1.16 bits per heavy atom. The van der Waals surface area contributed by atoms with E-state index < -0.39 is 21.7 Å². The van der Waals surface area contributed by atoms with Gasteiger partial charge in [0.05, 0.1) is 17.5 Å². The van der Waals surface area contributed by atoms with Gasteiger partial charge in [0.25, 0.3) is 15.9 Å². The van der Waals surface area contributed by atoms with Crippen LogP contribution in [0.25, 0.3) is 11.1 Å². The summed E-state index contributed by atoms with van der Waals surface area (Å²) in [6.07, 6.45) is 0. The molecule has 130 valence electrons. The van der Waals surface area contributed by atoms with Crippen LogP contribution in [-0.4, -0.2) is 26.4 Å². The van der Waals surface area contributed by atoms with E-state index in [0.717, 1.165) is 0 Å². The fourth-order valence-corrected chi connectivity index (χ4v) is 2.93. The minimum Gasteiger partial charge on any atom is -0.497 e. The molecule has 10 heteroatoms. The molecule has 1 aromatic heterocycles. The number of aromatic nitrogens is 1. The number of methoxy groups -OCH3 is 1. The van der Waals surface area contributed by atoms with Crippen molar-refractivity contribution >= 4 is 27.0 Å². The number of hydrazine groups is 1. The maximum absolute atomic E-state index is 12.2. The first-order valence-electron chi connectivity index (χ1n) is 6.98. The number of oxazole rings is 1. The van der Waals surface area contributed by atoms with E-state index >= 15 is 0 Å². The number of benzene rings is 2. The van der Waals surface area contributed by atoms with Gasteiger partial charge in [0.2, 0.25) is 0 Å². The highest BCUT2D eigenvalue weighted by molar-refractivity contribution is 7.89. The number of sulfonamides is 1. The smallest absolute Gasteiger partial charge is 0.417 e. The lowest BCUT2D eigenvalue weighted by Gasteiger charge is -2.09. The molecule has 0 aliphatic carbocycles. The molecule has 9 nitrogen and oxygen atoms in total. The second kappa shape index (κ2) is 6.42. The molecular weight excluding hydrogens is 350 g/mol. The standard InChI is InChI=1S/C15H13N3O6S/c1-23-10-4-2-9(3-5-10)14(19)17-18-25(21,22)11-6-7-12-13(8-11)24-15(20)16-12/h2-8,18H,1H3,(H,16,20)(H,17,19). The number of carbonyl (C=O) groups is 1. The number of amides is 1. The Morgan fingerprint density at radius 3 is 2.56 bits per heavy atom. The van der Waals surface area contributed by atoms with Gasteiger partial charge in [0, 0.05) is 11.6 Å². The van der Waals surface area contributed by atoms with Crippen molar-refractivity contribution in [3.8, 4) is 5.75 Å². The fourth-order valence-electron chi connectivity index (χ4n) is 2.08. The quantitative estimate of drug-likeness (QED) is 0.574. The zero-order valence-electron chi connectivity index (χ0n) is 12.9. The molecule has 0 saturated carbocycles. The number of rotatable bonds is 5. The van der Waals surface area contributed by atoms with E-state index in [4.69, 9.17) is 9.15 Å². The van der Waals surface area contributed by atoms with Gasteiger partial charge < -0.3 is 9.15 Å². The van der Waals surface area contributed by atoms with Gasteiger partial charge in [-0.25, -0.2) is 13.2 Å². The summed E-state index contributed by atoms with van der Waals surface area (Å²) in [6, 6.07) is 9.97. The Bertz CT molecular complexity index is 1080. The number of hydrogen-bond donors (Lipinski definition) is 3. The molecule has 0 unspecified atom stereocenters. The Hall–Kier alpha value is -3.11. The average Bonchev–Trinajstić information content (AvgIpc) is 2.99. The molecule has 0 radical (unpaired) electrons. The molecule has 0 saturated heterocycles. The monoisotopic (exact) mass is 363 g/mol. The van der Waals surface area contributed by atoms with Crippen LogP contribution in [0.15, 0.2) is 56.6 Å². The highest BCUT2D eigenvalue weighted by Crippen LogP contribution is 2.16. The molecule has 0 aliphatic heterocycles. The lowest BCUT2D eigenvalue weighted by Crippen LogP contribution is -2.41. The van der Waals surface area contributed by atoms with Gasteiger partial charge in [-0.1, -0.05) is 0 Å². The van der Waals surface area contributed by atoms with Crippen molar-refractivity contribution in [2.24, 2.45) is 0 Å². The summed E-state index contributed by atoms with van der Waals surface area (Å²) in [5.41, 5.74) is 2.82. The zero-order valence-corrected chi connectivity index (χ0v) is 13.7. The topological polar surface area (TPSA) is 130 Å². The van der Waals surface area contributed by atoms with Gasteiger partial charge in [-0.15, -0.1) is 4.83 Å². The number of ether oxygens (including phenoxy) is 1. The highest BCUT2D eigenvalue weighted by Gasteiger charge is 2.17. The van der Waals surface area contributed by atoms with Gasteiger partial charge in [0.15, 0.2) is 5.58 Å². The van der Waals surface area contributed by atoms with Crippen molar-refractivity contribution in [3.05, 3.63) is 58.6 Å². The van der Waals surface area contributed by atoms with Crippen molar-refractivity contribution in [1.29, 1.82) is 0 Å². The normalized spacial score (nSPS) is 11.4. The zero-order chi connectivity index (χ0) is 18.0. The van der Waals surface area contributed by atoms with E-state index in [1.807, 2.05) is 4.83 Å². The molecule has 3 N–H and O–H groups in total. The Balaban J connectivity index is 1.75. The molecule has 0 aliphatic rings. The molecule has 0 spiro atoms. The molecule has 1 heterocycles. The number of nitrogens with one attached hydrogen (secondary N) is 3. The van der Waals surface area contributed by atoms with Gasteiger partial charge >= 0.3 is 5.76 Å². The highest BCUT2D eigenvalue weighted by atomic mass is 32.2. The van der Waals surface area contributed by atoms with Gasteiger partial charge in [-0.3, -0.25) is 15.2 Å². The van der Waals surface area contributed by atoms with Crippen molar-refractivity contribution in [1.82, 2.24) is 15.2 Å². The predicted molar refractivity (Wildman–Crippen MR) is 87.6 cm³/mol. The molecule has 0 fully saturated rings. The van der Waals surface area contributed by atoms with E-state index in [-0.39, 0.29) is 16.0 Å². The van der Waals surface area contributed by atoms with Gasteiger partial charge in [-0.2, -0.15) is 0 Å². The van der Waals surface area contributed by atoms with E-state index in [1.54, 1.807) is 12.1 Å². The lowest BCUT2D eigenvalue weighted by atomic mass is 10.2.